The molecule has 2 aromatic carbocycles. The number of carbonyl (C=O) groups is 2. The van der Waals surface area contributed by atoms with Crippen LogP contribution in [0.3, 0.4) is 0 Å². The fourth-order valence-electron chi connectivity index (χ4n) is 2.93. The van der Waals surface area contributed by atoms with Crippen LogP contribution in [0.4, 0.5) is 5.13 Å². The van der Waals surface area contributed by atoms with Gasteiger partial charge in [0.15, 0.2) is 5.13 Å². The minimum Gasteiger partial charge on any atom is -0.497 e. The van der Waals surface area contributed by atoms with Crippen LogP contribution in [0, 0.1) is 0 Å². The van der Waals surface area contributed by atoms with Crippen molar-refractivity contribution in [2.45, 2.75) is 26.3 Å². The molecule has 150 valence electrons. The Balaban J connectivity index is 1.62. The highest BCUT2D eigenvalue weighted by molar-refractivity contribution is 7.14. The number of thiazole rings is 1. The van der Waals surface area contributed by atoms with Gasteiger partial charge in [0.2, 0.25) is 11.8 Å². The van der Waals surface area contributed by atoms with Crippen molar-refractivity contribution in [3.8, 4) is 17.0 Å². The molecule has 29 heavy (non-hydrogen) atoms. The van der Waals surface area contributed by atoms with Crippen LogP contribution >= 0.6 is 11.3 Å². The lowest BCUT2D eigenvalue weighted by Gasteiger charge is -2.13. The molecule has 0 saturated carbocycles. The van der Waals surface area contributed by atoms with Gasteiger partial charge in [0.1, 0.15) is 5.75 Å². The molecule has 0 spiro atoms. The Hall–Kier alpha value is -3.19. The van der Waals surface area contributed by atoms with Crippen molar-refractivity contribution in [3.05, 3.63) is 65.0 Å². The standard InChI is InChI=1S/C22H23N3O3S/c1-14(23-15(2)26)17-7-9-18(10-8-17)20-13-29-22(24-20)25-21(27)12-16-5-4-6-19(11-16)28-3/h4-11,13-14H,12H2,1-3H3,(H,23,26)(H,24,25,27). The van der Waals surface area contributed by atoms with Gasteiger partial charge in [-0.1, -0.05) is 36.4 Å². The quantitative estimate of drug-likeness (QED) is 0.613. The van der Waals surface area contributed by atoms with Crippen LogP contribution < -0.4 is 15.4 Å². The van der Waals surface area contributed by atoms with Crippen molar-refractivity contribution in [1.29, 1.82) is 0 Å². The molecule has 2 amide bonds. The normalized spacial score (nSPS) is 11.6. The zero-order valence-electron chi connectivity index (χ0n) is 16.6. The summed E-state index contributed by atoms with van der Waals surface area (Å²) in [6.07, 6.45) is 0.252. The zero-order chi connectivity index (χ0) is 20.8. The third kappa shape index (κ3) is 5.65. The maximum atomic E-state index is 12.3. The van der Waals surface area contributed by atoms with Crippen LogP contribution in [0.1, 0.15) is 31.0 Å². The highest BCUT2D eigenvalue weighted by atomic mass is 32.1. The highest BCUT2D eigenvalue weighted by Crippen LogP contribution is 2.26. The maximum absolute atomic E-state index is 12.3. The molecule has 3 aromatic rings. The maximum Gasteiger partial charge on any atom is 0.230 e. The molecule has 7 heteroatoms. The fraction of sp³-hybridized carbons (Fsp3) is 0.227. The number of rotatable bonds is 7. The van der Waals surface area contributed by atoms with E-state index in [1.807, 2.05) is 60.8 Å². The minimum absolute atomic E-state index is 0.0524. The van der Waals surface area contributed by atoms with Gasteiger partial charge in [-0.15, -0.1) is 11.3 Å². The van der Waals surface area contributed by atoms with Gasteiger partial charge in [0.25, 0.3) is 0 Å². The number of hydrogen-bond acceptors (Lipinski definition) is 5. The fourth-order valence-corrected chi connectivity index (χ4v) is 3.66. The van der Waals surface area contributed by atoms with E-state index in [9.17, 15) is 9.59 Å². The summed E-state index contributed by atoms with van der Waals surface area (Å²) in [5.41, 5.74) is 3.65. The molecule has 1 unspecified atom stereocenters. The number of nitrogens with zero attached hydrogens (tertiary/aromatic N) is 1. The van der Waals surface area contributed by atoms with Crippen LogP contribution in [-0.4, -0.2) is 23.9 Å². The largest absolute Gasteiger partial charge is 0.497 e. The molecule has 2 N–H and O–H groups in total. The van der Waals surface area contributed by atoms with Crippen molar-refractivity contribution < 1.29 is 14.3 Å². The number of ether oxygens (including phenoxy) is 1. The first-order chi connectivity index (χ1) is 13.9. The van der Waals surface area contributed by atoms with E-state index in [-0.39, 0.29) is 24.3 Å². The zero-order valence-corrected chi connectivity index (χ0v) is 17.4. The van der Waals surface area contributed by atoms with Gasteiger partial charge in [-0.25, -0.2) is 4.98 Å². The van der Waals surface area contributed by atoms with E-state index in [2.05, 4.69) is 15.6 Å². The molecule has 6 nitrogen and oxygen atoms in total. The molecule has 1 aromatic heterocycles. The number of aromatic nitrogens is 1. The first-order valence-electron chi connectivity index (χ1n) is 9.20. The summed E-state index contributed by atoms with van der Waals surface area (Å²) in [5, 5.41) is 8.18. The Morgan fingerprint density at radius 1 is 1.17 bits per heavy atom. The van der Waals surface area contributed by atoms with E-state index in [4.69, 9.17) is 4.74 Å². The number of methoxy groups -OCH3 is 1. The van der Waals surface area contributed by atoms with E-state index in [1.165, 1.54) is 18.3 Å². The van der Waals surface area contributed by atoms with Gasteiger partial charge >= 0.3 is 0 Å². The molecule has 1 atom stereocenters. The van der Waals surface area contributed by atoms with E-state index < -0.39 is 0 Å². The lowest BCUT2D eigenvalue weighted by atomic mass is 10.1. The lowest BCUT2D eigenvalue weighted by Crippen LogP contribution is -2.23. The minimum atomic E-state index is -0.126. The molecule has 0 aliphatic rings. The van der Waals surface area contributed by atoms with Crippen molar-refractivity contribution in [2.75, 3.05) is 12.4 Å². The van der Waals surface area contributed by atoms with Crippen molar-refractivity contribution >= 4 is 28.3 Å². The van der Waals surface area contributed by atoms with E-state index in [1.54, 1.807) is 7.11 Å². The number of hydrogen-bond donors (Lipinski definition) is 2. The van der Waals surface area contributed by atoms with E-state index in [0.717, 1.165) is 28.1 Å². The molecule has 0 bridgehead atoms. The van der Waals surface area contributed by atoms with Crippen LogP contribution in [0.25, 0.3) is 11.3 Å². The smallest absolute Gasteiger partial charge is 0.230 e. The summed E-state index contributed by atoms with van der Waals surface area (Å²) >= 11 is 1.39. The Kier molecular flexibility index (Phi) is 6.61. The summed E-state index contributed by atoms with van der Waals surface area (Å²) < 4.78 is 5.19. The molecule has 0 aliphatic heterocycles. The second-order valence-electron chi connectivity index (χ2n) is 6.66. The Bertz CT molecular complexity index is 999. The van der Waals surface area contributed by atoms with Crippen LogP contribution in [0.2, 0.25) is 0 Å². The third-order valence-electron chi connectivity index (χ3n) is 4.38. The van der Waals surface area contributed by atoms with Gasteiger partial charge in [-0.05, 0) is 30.2 Å². The predicted octanol–water partition coefficient (Wildman–Crippen LogP) is 4.20. The van der Waals surface area contributed by atoms with Crippen LogP contribution in [0.15, 0.2) is 53.9 Å². The lowest BCUT2D eigenvalue weighted by molar-refractivity contribution is -0.119. The van der Waals surface area contributed by atoms with Crippen molar-refractivity contribution in [1.82, 2.24) is 10.3 Å². The molecule has 1 heterocycles. The number of benzene rings is 2. The van der Waals surface area contributed by atoms with Crippen LogP contribution in [-0.2, 0) is 16.0 Å². The monoisotopic (exact) mass is 409 g/mol. The van der Waals surface area contributed by atoms with Gasteiger partial charge in [0, 0.05) is 17.9 Å². The van der Waals surface area contributed by atoms with Crippen LogP contribution in [0.5, 0.6) is 5.75 Å². The molecule has 3 rings (SSSR count). The average molecular weight is 410 g/mol. The molecule has 0 aliphatic carbocycles. The number of carbonyl (C=O) groups excluding carboxylic acids is 2. The van der Waals surface area contributed by atoms with Gasteiger partial charge < -0.3 is 15.4 Å². The van der Waals surface area contributed by atoms with Gasteiger partial charge in [-0.2, -0.15) is 0 Å². The molecule has 0 fully saturated rings. The van der Waals surface area contributed by atoms with Gasteiger partial charge in [-0.3, -0.25) is 9.59 Å². The molecular weight excluding hydrogens is 386 g/mol. The summed E-state index contributed by atoms with van der Waals surface area (Å²) in [7, 11) is 1.60. The summed E-state index contributed by atoms with van der Waals surface area (Å²) in [4.78, 5) is 28.0. The third-order valence-corrected chi connectivity index (χ3v) is 5.13. The second kappa shape index (κ2) is 9.34. The first kappa shape index (κ1) is 20.5. The highest BCUT2D eigenvalue weighted by Gasteiger charge is 2.11. The predicted molar refractivity (Wildman–Crippen MR) is 115 cm³/mol. The Morgan fingerprint density at radius 3 is 2.62 bits per heavy atom. The molecule has 0 saturated heterocycles. The van der Waals surface area contributed by atoms with Crippen molar-refractivity contribution in [2.24, 2.45) is 0 Å². The summed E-state index contributed by atoms with van der Waals surface area (Å²) in [6, 6.07) is 15.2. The number of amides is 2. The Morgan fingerprint density at radius 2 is 1.93 bits per heavy atom. The van der Waals surface area contributed by atoms with E-state index in [0.29, 0.717) is 5.13 Å². The molecule has 0 radical (unpaired) electrons. The SMILES string of the molecule is COc1cccc(CC(=O)Nc2nc(-c3ccc(C(C)NC(C)=O)cc3)cs2)c1. The second-order valence-corrected chi connectivity index (χ2v) is 7.52. The summed E-state index contributed by atoms with van der Waals surface area (Å²) in [5.74, 6) is 0.539. The molecular formula is C22H23N3O3S. The van der Waals surface area contributed by atoms with E-state index >= 15 is 0 Å². The average Bonchev–Trinajstić information content (AvgIpc) is 3.16. The Labute approximate surface area is 173 Å². The topological polar surface area (TPSA) is 80.3 Å². The first-order valence-corrected chi connectivity index (χ1v) is 10.1. The van der Waals surface area contributed by atoms with Crippen molar-refractivity contribution in [3.63, 3.8) is 0 Å². The van der Waals surface area contributed by atoms with Gasteiger partial charge in [0.05, 0.1) is 25.3 Å². The number of anilines is 1. The summed E-state index contributed by atoms with van der Waals surface area (Å²) in [6.45, 7) is 3.44. The number of nitrogens with one attached hydrogen (secondary N) is 2.